The van der Waals surface area contributed by atoms with E-state index in [1.807, 2.05) is 0 Å². The molecule has 0 amide bonds. The van der Waals surface area contributed by atoms with Crippen LogP contribution in [0.25, 0.3) is 0 Å². The van der Waals surface area contributed by atoms with Crippen molar-refractivity contribution >= 4 is 71.9 Å². The zero-order valence-electron chi connectivity index (χ0n) is 9.40. The second-order valence-electron chi connectivity index (χ2n) is 3.70. The van der Waals surface area contributed by atoms with E-state index in [4.69, 9.17) is 4.74 Å². The van der Waals surface area contributed by atoms with Gasteiger partial charge in [0.05, 0.1) is 6.61 Å². The van der Waals surface area contributed by atoms with E-state index in [9.17, 15) is 4.79 Å². The van der Waals surface area contributed by atoms with Gasteiger partial charge in [-0.1, -0.05) is 91.2 Å². The standard InChI is InChI=1S/C10H17I3O2Si/c1-9(2)10(14)15-7-5-3-4-6-8-16(11,12)13/h1,3-8H2,2H3. The predicted octanol–water partition coefficient (Wildman–Crippen LogP) is 4.91. The normalized spacial score (nSPS) is 11.2. The number of ether oxygens (including phenoxy) is 1. The average molecular weight is 578 g/mol. The van der Waals surface area contributed by atoms with Gasteiger partial charge in [-0.05, 0) is 19.4 Å². The fraction of sp³-hybridized carbons (Fsp3) is 0.700. The summed E-state index contributed by atoms with van der Waals surface area (Å²) in [4.78, 5) is 11.0. The topological polar surface area (TPSA) is 26.3 Å². The fourth-order valence-corrected chi connectivity index (χ4v) is 5.15. The molecule has 0 saturated heterocycles. The highest BCUT2D eigenvalue weighted by atomic mass is 127. The summed E-state index contributed by atoms with van der Waals surface area (Å²) in [7, 11) is 0. The highest BCUT2D eigenvalue weighted by Crippen LogP contribution is 2.35. The van der Waals surface area contributed by atoms with Crippen LogP contribution in [0, 0.1) is 0 Å². The number of halogens is 3. The van der Waals surface area contributed by atoms with Crippen molar-refractivity contribution < 1.29 is 9.53 Å². The lowest BCUT2D eigenvalue weighted by Gasteiger charge is -2.08. The van der Waals surface area contributed by atoms with Gasteiger partial charge in [-0.25, -0.2) is 4.79 Å². The third kappa shape index (κ3) is 12.1. The molecule has 0 fully saturated rings. The molecule has 0 aliphatic carbocycles. The lowest BCUT2D eigenvalue weighted by atomic mass is 10.2. The molecule has 0 rings (SSSR count). The third-order valence-electron chi connectivity index (χ3n) is 1.94. The maximum Gasteiger partial charge on any atom is 0.333 e. The Hall–Kier alpha value is 1.62. The highest BCUT2D eigenvalue weighted by Gasteiger charge is 2.20. The minimum absolute atomic E-state index is 0.266. The van der Waals surface area contributed by atoms with Crippen molar-refractivity contribution in [3.63, 3.8) is 0 Å². The van der Waals surface area contributed by atoms with Crippen LogP contribution in [0.15, 0.2) is 12.2 Å². The molecule has 0 radical (unpaired) electrons. The van der Waals surface area contributed by atoms with Crippen LogP contribution in [0.1, 0.15) is 32.6 Å². The quantitative estimate of drug-likeness (QED) is 0.102. The van der Waals surface area contributed by atoms with Crippen molar-refractivity contribution in [3.8, 4) is 0 Å². The summed E-state index contributed by atoms with van der Waals surface area (Å²) >= 11 is 7.78. The van der Waals surface area contributed by atoms with Gasteiger partial charge in [0, 0.05) is 5.57 Å². The number of hydrogen-bond donors (Lipinski definition) is 0. The molecule has 0 heterocycles. The van der Waals surface area contributed by atoms with Crippen molar-refractivity contribution in [2.45, 2.75) is 38.7 Å². The van der Waals surface area contributed by atoms with Gasteiger partial charge >= 0.3 is 5.97 Å². The number of esters is 1. The van der Waals surface area contributed by atoms with Gasteiger partial charge in [-0.15, -0.1) is 0 Å². The Morgan fingerprint density at radius 2 is 1.75 bits per heavy atom. The van der Waals surface area contributed by atoms with Gasteiger partial charge in [0.1, 0.15) is 0 Å². The summed E-state index contributed by atoms with van der Waals surface area (Å²) in [6.07, 6.45) is 4.67. The zero-order chi connectivity index (χ0) is 12.6. The van der Waals surface area contributed by atoms with Crippen molar-refractivity contribution in [1.29, 1.82) is 0 Å². The summed E-state index contributed by atoms with van der Waals surface area (Å²) < 4.78 is 4.07. The van der Waals surface area contributed by atoms with Crippen LogP contribution in [-0.4, -0.2) is 13.1 Å². The molecular formula is C10H17I3O2Si. The molecule has 0 saturated carbocycles. The number of rotatable bonds is 8. The molecule has 0 aromatic carbocycles. The van der Waals surface area contributed by atoms with Crippen LogP contribution in [0.5, 0.6) is 0 Å². The molecular weight excluding hydrogens is 561 g/mol. The van der Waals surface area contributed by atoms with Crippen LogP contribution in [0.4, 0.5) is 0 Å². The van der Waals surface area contributed by atoms with Gasteiger partial charge in [0.15, 0.2) is 0 Å². The second kappa shape index (κ2) is 9.53. The summed E-state index contributed by atoms with van der Waals surface area (Å²) in [5, 5.41) is 0. The highest BCUT2D eigenvalue weighted by molar-refractivity contribution is 14.4. The fourth-order valence-electron chi connectivity index (χ4n) is 1.07. The van der Waals surface area contributed by atoms with Crippen LogP contribution in [-0.2, 0) is 9.53 Å². The number of hydrogen-bond acceptors (Lipinski definition) is 2. The maximum absolute atomic E-state index is 11.0. The molecule has 0 N–H and O–H groups in total. The smallest absolute Gasteiger partial charge is 0.333 e. The molecule has 0 spiro atoms. The summed E-state index contributed by atoms with van der Waals surface area (Å²) in [5.41, 5.74) is 0.482. The Labute approximate surface area is 137 Å². The average Bonchev–Trinajstić information content (AvgIpc) is 2.14. The first-order valence-electron chi connectivity index (χ1n) is 5.22. The predicted molar refractivity (Wildman–Crippen MR) is 96.9 cm³/mol. The van der Waals surface area contributed by atoms with E-state index >= 15 is 0 Å². The van der Waals surface area contributed by atoms with E-state index in [1.54, 1.807) is 6.92 Å². The Kier molecular flexibility index (Phi) is 10.5. The van der Waals surface area contributed by atoms with Gasteiger partial charge in [0.25, 0.3) is 0.564 Å². The molecule has 0 atom stereocenters. The molecule has 16 heavy (non-hydrogen) atoms. The number of unbranched alkanes of at least 4 members (excludes halogenated alkanes) is 3. The molecule has 0 aliphatic heterocycles. The van der Waals surface area contributed by atoms with Crippen molar-refractivity contribution in [1.82, 2.24) is 0 Å². The van der Waals surface area contributed by atoms with E-state index in [0.29, 0.717) is 12.2 Å². The Balaban J connectivity index is 3.29. The lowest BCUT2D eigenvalue weighted by Crippen LogP contribution is -2.06. The van der Waals surface area contributed by atoms with Crippen molar-refractivity contribution in [2.75, 3.05) is 6.61 Å². The van der Waals surface area contributed by atoms with E-state index in [-0.39, 0.29) is 5.97 Å². The van der Waals surface area contributed by atoms with Crippen molar-refractivity contribution in [2.24, 2.45) is 0 Å². The Bertz CT molecular complexity index is 239. The first-order chi connectivity index (χ1) is 7.33. The van der Waals surface area contributed by atoms with Crippen LogP contribution in [0.3, 0.4) is 0 Å². The lowest BCUT2D eigenvalue weighted by molar-refractivity contribution is -0.139. The van der Waals surface area contributed by atoms with E-state index in [1.165, 1.54) is 18.9 Å². The number of carbonyl (C=O) groups is 1. The van der Waals surface area contributed by atoms with E-state index in [2.05, 4.69) is 72.0 Å². The van der Waals surface area contributed by atoms with Crippen molar-refractivity contribution in [3.05, 3.63) is 12.2 Å². The first-order valence-corrected chi connectivity index (χ1v) is 16.8. The molecule has 0 aromatic heterocycles. The second-order valence-corrected chi connectivity index (χ2v) is 40.6. The minimum atomic E-state index is -0.945. The largest absolute Gasteiger partial charge is 0.462 e. The first kappa shape index (κ1) is 17.6. The van der Waals surface area contributed by atoms with Gasteiger partial charge in [-0.2, -0.15) is 0 Å². The van der Waals surface area contributed by atoms with E-state index in [0.717, 1.165) is 12.8 Å². The molecule has 0 aliphatic rings. The summed E-state index contributed by atoms with van der Waals surface area (Å²) in [6, 6.07) is 1.36. The maximum atomic E-state index is 11.0. The Morgan fingerprint density at radius 3 is 2.25 bits per heavy atom. The van der Waals surface area contributed by atoms with E-state index < -0.39 is 0.564 Å². The molecule has 94 valence electrons. The molecule has 2 nitrogen and oxygen atoms in total. The summed E-state index contributed by atoms with van der Waals surface area (Å²) in [6.45, 7) is 5.75. The monoisotopic (exact) mass is 578 g/mol. The minimum Gasteiger partial charge on any atom is -0.462 e. The van der Waals surface area contributed by atoms with Crippen LogP contribution in [0.2, 0.25) is 6.04 Å². The molecule has 0 unspecified atom stereocenters. The molecule has 0 bridgehead atoms. The summed E-state index contributed by atoms with van der Waals surface area (Å²) in [5.74, 6) is -0.266. The van der Waals surface area contributed by atoms with Crippen LogP contribution < -0.4 is 0 Å². The van der Waals surface area contributed by atoms with Crippen LogP contribution >= 0.6 is 65.4 Å². The Morgan fingerprint density at radius 1 is 1.19 bits per heavy atom. The third-order valence-corrected chi connectivity index (χ3v) is 7.71. The molecule has 0 aromatic rings. The SMILES string of the molecule is C=C(C)C(=O)OCCCCCC[Si](I)(I)I. The molecule has 6 heteroatoms. The van der Waals surface area contributed by atoms with Gasteiger partial charge < -0.3 is 4.74 Å². The van der Waals surface area contributed by atoms with Gasteiger partial charge in [-0.3, -0.25) is 0 Å². The number of carbonyl (C=O) groups excluding carboxylic acids is 1. The zero-order valence-corrected chi connectivity index (χ0v) is 16.9. The van der Waals surface area contributed by atoms with Gasteiger partial charge in [0.2, 0.25) is 0 Å².